The minimum atomic E-state index is -0.400. The Labute approximate surface area is 166 Å². The van der Waals surface area contributed by atoms with Crippen LogP contribution in [0.15, 0.2) is 34.3 Å². The molecule has 0 atom stereocenters. The first-order valence-electron chi connectivity index (χ1n) is 8.88. The molecule has 4 rings (SSSR count). The molecule has 0 saturated carbocycles. The molecule has 0 radical (unpaired) electrons. The monoisotopic (exact) mass is 397 g/mol. The Balaban J connectivity index is 1.51. The Kier molecular flexibility index (Phi) is 5.25. The van der Waals surface area contributed by atoms with Crippen LogP contribution in [0.25, 0.3) is 5.88 Å². The van der Waals surface area contributed by atoms with Gasteiger partial charge in [0.05, 0.1) is 18.9 Å². The molecule has 1 amide bonds. The number of aromatic nitrogens is 2. The fourth-order valence-corrected chi connectivity index (χ4v) is 3.84. The van der Waals surface area contributed by atoms with Crippen LogP contribution in [0, 0.1) is 18.3 Å². The number of nitrogens with one attached hydrogen (secondary N) is 1. The predicted molar refractivity (Wildman–Crippen MR) is 104 cm³/mol. The number of ether oxygens (including phenoxy) is 1. The van der Waals surface area contributed by atoms with Crippen molar-refractivity contribution in [3.8, 4) is 12.0 Å². The van der Waals surface area contributed by atoms with Crippen molar-refractivity contribution < 1.29 is 13.9 Å². The van der Waals surface area contributed by atoms with Gasteiger partial charge in [-0.1, -0.05) is 0 Å². The number of amides is 1. The summed E-state index contributed by atoms with van der Waals surface area (Å²) in [5.74, 6) is 0.327. The van der Waals surface area contributed by atoms with Crippen LogP contribution in [0.5, 0.6) is 0 Å². The Morgan fingerprint density at radius 1 is 1.36 bits per heavy atom. The summed E-state index contributed by atoms with van der Waals surface area (Å²) >= 11 is 1.37. The van der Waals surface area contributed by atoms with E-state index in [9.17, 15) is 10.1 Å². The summed E-state index contributed by atoms with van der Waals surface area (Å²) in [6, 6.07) is 5.74. The fourth-order valence-electron chi connectivity index (χ4n) is 3.14. The smallest absolute Gasteiger partial charge is 0.262 e. The average Bonchev–Trinajstić information content (AvgIpc) is 3.42. The zero-order valence-electron chi connectivity index (χ0n) is 15.3. The summed E-state index contributed by atoms with van der Waals surface area (Å²) in [6.07, 6.45) is 3.53. The van der Waals surface area contributed by atoms with Crippen LogP contribution in [-0.2, 0) is 11.3 Å². The number of aryl methyl sites for hydroxylation is 1. The molecule has 0 spiro atoms. The second-order valence-corrected chi connectivity index (χ2v) is 7.26. The topological polar surface area (TPSA) is 96.3 Å². The molecule has 1 fully saturated rings. The van der Waals surface area contributed by atoms with Crippen LogP contribution in [-0.4, -0.2) is 46.7 Å². The first-order chi connectivity index (χ1) is 13.7. The number of nitriles is 1. The molecular formula is C19H19N5O3S. The van der Waals surface area contributed by atoms with Crippen molar-refractivity contribution in [1.82, 2.24) is 14.5 Å². The maximum absolute atomic E-state index is 12.8. The lowest BCUT2D eigenvalue weighted by Gasteiger charge is -2.25. The predicted octanol–water partition coefficient (Wildman–Crippen LogP) is 2.79. The zero-order valence-corrected chi connectivity index (χ0v) is 16.2. The van der Waals surface area contributed by atoms with Gasteiger partial charge in [-0.3, -0.25) is 19.6 Å². The molecule has 4 heterocycles. The number of furan rings is 1. The second kappa shape index (κ2) is 7.98. The van der Waals surface area contributed by atoms with Crippen molar-refractivity contribution in [2.75, 3.05) is 31.6 Å². The number of hydrogen-bond donors (Lipinski definition) is 1. The molecule has 0 bridgehead atoms. The molecule has 1 saturated heterocycles. The van der Waals surface area contributed by atoms with E-state index in [0.717, 1.165) is 38.5 Å². The number of carbonyl (C=O) groups excluding carboxylic acids is 1. The van der Waals surface area contributed by atoms with E-state index >= 15 is 0 Å². The quantitative estimate of drug-likeness (QED) is 0.711. The van der Waals surface area contributed by atoms with Gasteiger partial charge in [-0.2, -0.15) is 5.26 Å². The van der Waals surface area contributed by atoms with Crippen molar-refractivity contribution in [3.05, 3.63) is 52.5 Å². The average molecular weight is 397 g/mol. The van der Waals surface area contributed by atoms with E-state index in [1.807, 2.05) is 17.5 Å². The maximum Gasteiger partial charge on any atom is 0.262 e. The summed E-state index contributed by atoms with van der Waals surface area (Å²) in [5.41, 5.74) is 1.34. The maximum atomic E-state index is 12.8. The van der Waals surface area contributed by atoms with Gasteiger partial charge in [0.25, 0.3) is 5.91 Å². The highest BCUT2D eigenvalue weighted by Crippen LogP contribution is 2.27. The van der Waals surface area contributed by atoms with Crippen molar-refractivity contribution >= 4 is 22.4 Å². The lowest BCUT2D eigenvalue weighted by molar-refractivity contribution is 0.0337. The Morgan fingerprint density at radius 3 is 2.82 bits per heavy atom. The molecule has 3 aromatic heterocycles. The summed E-state index contributed by atoms with van der Waals surface area (Å²) in [6.45, 7) is 5.61. The summed E-state index contributed by atoms with van der Waals surface area (Å²) in [7, 11) is 0. The van der Waals surface area contributed by atoms with Gasteiger partial charge in [0.15, 0.2) is 5.13 Å². The molecular weight excluding hydrogens is 378 g/mol. The molecule has 3 aromatic rings. The van der Waals surface area contributed by atoms with E-state index in [-0.39, 0.29) is 11.1 Å². The Bertz CT molecular complexity index is 1010. The van der Waals surface area contributed by atoms with E-state index in [0.29, 0.717) is 16.8 Å². The van der Waals surface area contributed by atoms with Crippen LogP contribution in [0.3, 0.4) is 0 Å². The van der Waals surface area contributed by atoms with Gasteiger partial charge in [-0.25, -0.2) is 4.98 Å². The Morgan fingerprint density at radius 2 is 2.11 bits per heavy atom. The van der Waals surface area contributed by atoms with Gasteiger partial charge in [0.1, 0.15) is 23.0 Å². The summed E-state index contributed by atoms with van der Waals surface area (Å²) < 4.78 is 12.7. The first-order valence-corrected chi connectivity index (χ1v) is 9.76. The molecule has 1 aliphatic rings. The van der Waals surface area contributed by atoms with Gasteiger partial charge in [0, 0.05) is 37.4 Å². The van der Waals surface area contributed by atoms with Gasteiger partial charge < -0.3 is 9.15 Å². The van der Waals surface area contributed by atoms with Crippen molar-refractivity contribution in [1.29, 1.82) is 5.26 Å². The minimum absolute atomic E-state index is 0.205. The SMILES string of the molecule is Cc1oc(-n2cccc2)c(C#N)c1C(=O)Nc1nc(CN2CCOCC2)cs1. The van der Waals surface area contributed by atoms with Gasteiger partial charge in [-0.15, -0.1) is 11.3 Å². The lowest BCUT2D eigenvalue weighted by Crippen LogP contribution is -2.35. The van der Waals surface area contributed by atoms with E-state index in [2.05, 4.69) is 21.3 Å². The number of morpholine rings is 1. The normalized spacial score (nSPS) is 14.7. The Hall–Kier alpha value is -2.93. The van der Waals surface area contributed by atoms with Crippen molar-refractivity contribution in [2.24, 2.45) is 0 Å². The molecule has 9 heteroatoms. The summed E-state index contributed by atoms with van der Waals surface area (Å²) in [5, 5.41) is 14.8. The molecule has 1 N–H and O–H groups in total. The highest BCUT2D eigenvalue weighted by atomic mass is 32.1. The molecule has 0 aliphatic carbocycles. The summed E-state index contributed by atoms with van der Waals surface area (Å²) in [4.78, 5) is 19.6. The standard InChI is InChI=1S/C19H19N5O3S/c1-13-16(15(10-20)18(27-13)24-4-2-3-5-24)17(25)22-19-21-14(12-28-19)11-23-6-8-26-9-7-23/h2-5,12H,6-9,11H2,1H3,(H,21,22,25). The highest BCUT2D eigenvalue weighted by Gasteiger charge is 2.25. The highest BCUT2D eigenvalue weighted by molar-refractivity contribution is 7.14. The number of rotatable bonds is 5. The van der Waals surface area contributed by atoms with Crippen LogP contribution in [0.4, 0.5) is 5.13 Å². The number of hydrogen-bond acceptors (Lipinski definition) is 7. The third-order valence-corrected chi connectivity index (χ3v) is 5.31. The molecule has 0 aromatic carbocycles. The van der Waals surface area contributed by atoms with Gasteiger partial charge in [0.2, 0.25) is 5.88 Å². The minimum Gasteiger partial charge on any atom is -0.443 e. The third-order valence-electron chi connectivity index (χ3n) is 4.51. The van der Waals surface area contributed by atoms with E-state index in [1.165, 1.54) is 11.3 Å². The molecule has 1 aliphatic heterocycles. The zero-order chi connectivity index (χ0) is 19.5. The number of thiazole rings is 1. The van der Waals surface area contributed by atoms with Gasteiger partial charge in [-0.05, 0) is 19.1 Å². The van der Waals surface area contributed by atoms with Crippen LogP contribution in [0.2, 0.25) is 0 Å². The van der Waals surface area contributed by atoms with Crippen LogP contribution < -0.4 is 5.32 Å². The fraction of sp³-hybridized carbons (Fsp3) is 0.316. The molecule has 8 nitrogen and oxygen atoms in total. The van der Waals surface area contributed by atoms with Crippen LogP contribution >= 0.6 is 11.3 Å². The molecule has 0 unspecified atom stereocenters. The number of nitrogens with zero attached hydrogens (tertiary/aromatic N) is 4. The largest absolute Gasteiger partial charge is 0.443 e. The molecule has 28 heavy (non-hydrogen) atoms. The molecule has 144 valence electrons. The second-order valence-electron chi connectivity index (χ2n) is 6.40. The third kappa shape index (κ3) is 3.71. The van der Waals surface area contributed by atoms with Crippen LogP contribution in [0.1, 0.15) is 27.4 Å². The van der Waals surface area contributed by atoms with E-state index in [4.69, 9.17) is 9.15 Å². The lowest BCUT2D eigenvalue weighted by atomic mass is 10.1. The van der Waals surface area contributed by atoms with Gasteiger partial charge >= 0.3 is 0 Å². The van der Waals surface area contributed by atoms with Crippen molar-refractivity contribution in [3.63, 3.8) is 0 Å². The first kappa shape index (κ1) is 18.4. The number of carbonyl (C=O) groups is 1. The van der Waals surface area contributed by atoms with E-state index < -0.39 is 5.91 Å². The van der Waals surface area contributed by atoms with Crippen molar-refractivity contribution in [2.45, 2.75) is 13.5 Å². The van der Waals surface area contributed by atoms with E-state index in [1.54, 1.807) is 23.9 Å². The number of anilines is 1.